The van der Waals surface area contributed by atoms with Crippen molar-refractivity contribution in [2.45, 2.75) is 10.9 Å². The van der Waals surface area contributed by atoms with Gasteiger partial charge in [-0.2, -0.15) is 4.98 Å². The molecule has 3 rings (SSSR count). The number of halogens is 1. The first kappa shape index (κ1) is 15.7. The summed E-state index contributed by atoms with van der Waals surface area (Å²) in [7, 11) is 1.67. The second-order valence-electron chi connectivity index (χ2n) is 4.70. The Morgan fingerprint density at radius 3 is 2.74 bits per heavy atom. The lowest BCUT2D eigenvalue weighted by Gasteiger charge is -2.06. The molecule has 2 aromatic carbocycles. The van der Waals surface area contributed by atoms with Crippen LogP contribution >= 0.6 is 23.4 Å². The zero-order chi connectivity index (χ0) is 16.1. The molecule has 0 unspecified atom stereocenters. The van der Waals surface area contributed by atoms with Crippen LogP contribution in [0.4, 0.5) is 11.6 Å². The van der Waals surface area contributed by atoms with E-state index in [0.717, 1.165) is 22.8 Å². The van der Waals surface area contributed by atoms with E-state index in [1.165, 1.54) is 0 Å². The molecule has 0 bridgehead atoms. The molecular weight excluding hydrogens is 332 g/mol. The summed E-state index contributed by atoms with van der Waals surface area (Å²) in [5.41, 5.74) is 2.00. The van der Waals surface area contributed by atoms with Gasteiger partial charge in [0.1, 0.15) is 5.75 Å². The lowest BCUT2D eigenvalue weighted by Crippen LogP contribution is -1.92. The third-order valence-corrected chi connectivity index (χ3v) is 4.27. The molecule has 0 saturated carbocycles. The van der Waals surface area contributed by atoms with Crippen molar-refractivity contribution >= 4 is 35.0 Å². The summed E-state index contributed by atoms with van der Waals surface area (Å²) in [5.74, 6) is 2.20. The predicted molar refractivity (Wildman–Crippen MR) is 93.7 cm³/mol. The number of aromatic amines is 1. The molecule has 0 spiro atoms. The van der Waals surface area contributed by atoms with Gasteiger partial charge in [0, 0.05) is 22.0 Å². The summed E-state index contributed by atoms with van der Waals surface area (Å²) in [4.78, 5) is 4.41. The molecule has 3 aromatic rings. The van der Waals surface area contributed by atoms with Crippen LogP contribution in [0.3, 0.4) is 0 Å². The van der Waals surface area contributed by atoms with Gasteiger partial charge in [0.2, 0.25) is 11.1 Å². The molecule has 0 radical (unpaired) electrons. The fraction of sp³-hybridized carbons (Fsp3) is 0.125. The van der Waals surface area contributed by atoms with Crippen molar-refractivity contribution in [2.24, 2.45) is 0 Å². The highest BCUT2D eigenvalue weighted by molar-refractivity contribution is 7.98. The molecule has 23 heavy (non-hydrogen) atoms. The minimum atomic E-state index is 0.592. The number of aromatic nitrogens is 3. The quantitative estimate of drug-likeness (QED) is 0.643. The summed E-state index contributed by atoms with van der Waals surface area (Å²) in [5, 5.41) is 11.6. The van der Waals surface area contributed by atoms with Gasteiger partial charge in [-0.1, -0.05) is 41.6 Å². The van der Waals surface area contributed by atoms with Crippen molar-refractivity contribution in [1.82, 2.24) is 15.2 Å². The maximum absolute atomic E-state index is 5.87. The number of methoxy groups -OCH3 is 1. The molecule has 0 amide bonds. The predicted octanol–water partition coefficient (Wildman–Crippen LogP) is 4.50. The van der Waals surface area contributed by atoms with Crippen molar-refractivity contribution in [3.8, 4) is 5.75 Å². The molecule has 0 aliphatic carbocycles. The number of nitrogens with one attached hydrogen (secondary N) is 2. The molecule has 1 heterocycles. The minimum absolute atomic E-state index is 0.592. The number of para-hydroxylation sites is 1. The summed E-state index contributed by atoms with van der Waals surface area (Å²) in [6.07, 6.45) is 0. The molecule has 2 N–H and O–H groups in total. The Bertz CT molecular complexity index is 776. The first-order valence-corrected chi connectivity index (χ1v) is 8.30. The van der Waals surface area contributed by atoms with E-state index < -0.39 is 0 Å². The van der Waals surface area contributed by atoms with Gasteiger partial charge in [0.05, 0.1) is 7.11 Å². The molecule has 1 aromatic heterocycles. The molecule has 0 fully saturated rings. The largest absolute Gasteiger partial charge is 0.496 e. The summed E-state index contributed by atoms with van der Waals surface area (Å²) < 4.78 is 5.34. The van der Waals surface area contributed by atoms with Gasteiger partial charge in [-0.25, -0.2) is 5.10 Å². The molecule has 118 valence electrons. The second-order valence-corrected chi connectivity index (χ2v) is 6.08. The Morgan fingerprint density at radius 2 is 1.96 bits per heavy atom. The highest BCUT2D eigenvalue weighted by Crippen LogP contribution is 2.26. The van der Waals surface area contributed by atoms with Crippen molar-refractivity contribution in [1.29, 1.82) is 0 Å². The van der Waals surface area contributed by atoms with E-state index in [1.807, 2.05) is 48.5 Å². The summed E-state index contributed by atoms with van der Waals surface area (Å²) in [6, 6.07) is 15.3. The van der Waals surface area contributed by atoms with Crippen LogP contribution in [0.2, 0.25) is 5.02 Å². The average molecular weight is 347 g/mol. The van der Waals surface area contributed by atoms with Crippen LogP contribution in [-0.2, 0) is 5.75 Å². The third-order valence-electron chi connectivity index (χ3n) is 3.12. The molecular formula is C16H15ClN4OS. The standard InChI is InChI=1S/C16H15ClN4OS/c1-22-14-5-3-2-4-11(14)10-23-16-19-15(20-21-16)18-13-8-6-12(17)7-9-13/h2-9H,10H2,1H3,(H2,18,19,20,21). The van der Waals surface area contributed by atoms with Gasteiger partial charge in [-0.15, -0.1) is 5.10 Å². The van der Waals surface area contributed by atoms with E-state index in [1.54, 1.807) is 18.9 Å². The smallest absolute Gasteiger partial charge is 0.223 e. The van der Waals surface area contributed by atoms with Gasteiger partial charge in [-0.05, 0) is 30.3 Å². The second kappa shape index (κ2) is 7.39. The number of rotatable bonds is 6. The van der Waals surface area contributed by atoms with Crippen molar-refractivity contribution in [3.05, 3.63) is 59.1 Å². The fourth-order valence-electron chi connectivity index (χ4n) is 2.00. The van der Waals surface area contributed by atoms with E-state index in [2.05, 4.69) is 20.5 Å². The summed E-state index contributed by atoms with van der Waals surface area (Å²) >= 11 is 7.41. The monoisotopic (exact) mass is 346 g/mol. The lowest BCUT2D eigenvalue weighted by molar-refractivity contribution is 0.411. The first-order chi connectivity index (χ1) is 11.2. The van der Waals surface area contributed by atoms with E-state index in [-0.39, 0.29) is 0 Å². The van der Waals surface area contributed by atoms with Gasteiger partial charge < -0.3 is 10.1 Å². The number of anilines is 2. The van der Waals surface area contributed by atoms with Crippen LogP contribution in [0.15, 0.2) is 53.7 Å². The normalized spacial score (nSPS) is 10.5. The number of hydrogen-bond acceptors (Lipinski definition) is 5. The lowest BCUT2D eigenvalue weighted by atomic mass is 10.2. The van der Waals surface area contributed by atoms with E-state index >= 15 is 0 Å². The Balaban J connectivity index is 1.62. The molecule has 0 atom stereocenters. The van der Waals surface area contributed by atoms with Crippen LogP contribution < -0.4 is 10.1 Å². The Kier molecular flexibility index (Phi) is 5.05. The van der Waals surface area contributed by atoms with Crippen molar-refractivity contribution < 1.29 is 4.74 Å². The number of ether oxygens (including phenoxy) is 1. The molecule has 0 saturated heterocycles. The topological polar surface area (TPSA) is 62.8 Å². The zero-order valence-corrected chi connectivity index (χ0v) is 14.0. The van der Waals surface area contributed by atoms with Crippen LogP contribution in [-0.4, -0.2) is 22.3 Å². The number of H-pyrrole nitrogens is 1. The Labute approximate surface area is 143 Å². The Morgan fingerprint density at radius 1 is 1.17 bits per heavy atom. The molecule has 7 heteroatoms. The zero-order valence-electron chi connectivity index (χ0n) is 12.4. The van der Waals surface area contributed by atoms with Crippen molar-refractivity contribution in [3.63, 3.8) is 0 Å². The molecule has 0 aliphatic rings. The van der Waals surface area contributed by atoms with Gasteiger partial charge in [-0.3, -0.25) is 0 Å². The van der Waals surface area contributed by atoms with Gasteiger partial charge >= 0.3 is 0 Å². The number of nitrogens with zero attached hydrogens (tertiary/aromatic N) is 2. The first-order valence-electron chi connectivity index (χ1n) is 6.94. The summed E-state index contributed by atoms with van der Waals surface area (Å²) in [6.45, 7) is 0. The van der Waals surface area contributed by atoms with Crippen LogP contribution in [0.5, 0.6) is 5.75 Å². The Hall–Kier alpha value is -2.18. The number of benzene rings is 2. The third kappa shape index (κ3) is 4.18. The van der Waals surface area contributed by atoms with Crippen molar-refractivity contribution in [2.75, 3.05) is 12.4 Å². The average Bonchev–Trinajstić information content (AvgIpc) is 3.03. The molecule has 5 nitrogen and oxygen atoms in total. The maximum atomic E-state index is 5.87. The number of hydrogen-bond donors (Lipinski definition) is 2. The highest BCUT2D eigenvalue weighted by Gasteiger charge is 2.07. The fourth-order valence-corrected chi connectivity index (χ4v) is 2.92. The number of thioether (sulfide) groups is 1. The van der Waals surface area contributed by atoms with E-state index in [0.29, 0.717) is 16.1 Å². The van der Waals surface area contributed by atoms with E-state index in [9.17, 15) is 0 Å². The molecule has 0 aliphatic heterocycles. The SMILES string of the molecule is COc1ccccc1CSc1n[nH]c(Nc2ccc(Cl)cc2)n1. The van der Waals surface area contributed by atoms with Gasteiger partial charge in [0.25, 0.3) is 0 Å². The highest BCUT2D eigenvalue weighted by atomic mass is 35.5. The minimum Gasteiger partial charge on any atom is -0.496 e. The van der Waals surface area contributed by atoms with Crippen LogP contribution in [0.1, 0.15) is 5.56 Å². The maximum Gasteiger partial charge on any atom is 0.223 e. The van der Waals surface area contributed by atoms with Crippen LogP contribution in [0.25, 0.3) is 0 Å². The van der Waals surface area contributed by atoms with Crippen LogP contribution in [0, 0.1) is 0 Å². The van der Waals surface area contributed by atoms with E-state index in [4.69, 9.17) is 16.3 Å². The van der Waals surface area contributed by atoms with Gasteiger partial charge in [0.15, 0.2) is 0 Å².